The minimum Gasteiger partial charge on any atom is -0.357 e. The number of alkyl halides is 3. The molecule has 5 nitrogen and oxygen atoms in total. The van der Waals surface area contributed by atoms with Crippen molar-refractivity contribution in [3.05, 3.63) is 35.4 Å². The standard InChI is InChI=1S/C17H24F3N3O2/c1-10(2)7-13(21)15(24)23-14(16(25)22-3)9-11-5-4-6-12(8-11)17(18,19)20/h4-6,8,10,13-14H,7,9,21H2,1-3H3,(H,22,25)(H,23,24). The molecule has 0 aromatic heterocycles. The van der Waals surface area contributed by atoms with Gasteiger partial charge in [-0.15, -0.1) is 0 Å². The second-order valence-corrected chi connectivity index (χ2v) is 6.31. The van der Waals surface area contributed by atoms with Gasteiger partial charge in [-0.05, 0) is 24.0 Å². The van der Waals surface area contributed by atoms with Crippen LogP contribution in [-0.2, 0) is 22.2 Å². The Morgan fingerprint density at radius 2 is 1.84 bits per heavy atom. The molecular formula is C17H24F3N3O2. The number of carbonyl (C=O) groups is 2. The largest absolute Gasteiger partial charge is 0.416 e. The molecule has 1 aromatic carbocycles. The second-order valence-electron chi connectivity index (χ2n) is 6.31. The molecule has 0 aliphatic rings. The van der Waals surface area contributed by atoms with Crippen molar-refractivity contribution in [1.29, 1.82) is 0 Å². The van der Waals surface area contributed by atoms with Crippen molar-refractivity contribution in [3.8, 4) is 0 Å². The third-order valence-corrected chi connectivity index (χ3v) is 3.64. The van der Waals surface area contributed by atoms with E-state index in [1.807, 2.05) is 13.8 Å². The normalized spacial score (nSPS) is 14.1. The lowest BCUT2D eigenvalue weighted by Gasteiger charge is -2.21. The van der Waals surface area contributed by atoms with Gasteiger partial charge in [0.1, 0.15) is 6.04 Å². The van der Waals surface area contributed by atoms with Crippen LogP contribution in [0.5, 0.6) is 0 Å². The zero-order chi connectivity index (χ0) is 19.2. The molecule has 0 spiro atoms. The highest BCUT2D eigenvalue weighted by molar-refractivity contribution is 5.89. The molecule has 25 heavy (non-hydrogen) atoms. The molecule has 2 atom stereocenters. The number of benzene rings is 1. The molecule has 2 amide bonds. The second kappa shape index (κ2) is 8.84. The van der Waals surface area contributed by atoms with Crippen LogP contribution in [0.2, 0.25) is 0 Å². The Balaban J connectivity index is 2.91. The Labute approximate surface area is 145 Å². The van der Waals surface area contributed by atoms with Crippen molar-refractivity contribution in [2.24, 2.45) is 11.7 Å². The van der Waals surface area contributed by atoms with E-state index in [4.69, 9.17) is 5.73 Å². The Morgan fingerprint density at radius 3 is 2.36 bits per heavy atom. The van der Waals surface area contributed by atoms with Crippen LogP contribution in [0.1, 0.15) is 31.4 Å². The van der Waals surface area contributed by atoms with E-state index in [0.717, 1.165) is 12.1 Å². The van der Waals surface area contributed by atoms with E-state index < -0.39 is 35.6 Å². The molecule has 0 saturated heterocycles. The number of hydrogen-bond donors (Lipinski definition) is 3. The quantitative estimate of drug-likeness (QED) is 0.695. The third kappa shape index (κ3) is 6.74. The minimum atomic E-state index is -4.47. The minimum absolute atomic E-state index is 0.0657. The number of amides is 2. The fourth-order valence-electron chi connectivity index (χ4n) is 2.39. The average Bonchev–Trinajstić information content (AvgIpc) is 2.52. The number of nitrogens with one attached hydrogen (secondary N) is 2. The Morgan fingerprint density at radius 1 is 1.20 bits per heavy atom. The molecular weight excluding hydrogens is 335 g/mol. The van der Waals surface area contributed by atoms with Crippen molar-refractivity contribution >= 4 is 11.8 Å². The molecule has 0 fully saturated rings. The van der Waals surface area contributed by atoms with Crippen LogP contribution in [0, 0.1) is 5.92 Å². The zero-order valence-electron chi connectivity index (χ0n) is 14.5. The van der Waals surface area contributed by atoms with E-state index in [1.54, 1.807) is 0 Å². The van der Waals surface area contributed by atoms with E-state index >= 15 is 0 Å². The van der Waals surface area contributed by atoms with Crippen LogP contribution in [-0.4, -0.2) is 30.9 Å². The highest BCUT2D eigenvalue weighted by Gasteiger charge is 2.31. The van der Waals surface area contributed by atoms with Gasteiger partial charge < -0.3 is 16.4 Å². The summed E-state index contributed by atoms with van der Waals surface area (Å²) in [5, 5.41) is 4.92. The van der Waals surface area contributed by atoms with E-state index in [0.29, 0.717) is 12.0 Å². The maximum absolute atomic E-state index is 12.8. The lowest BCUT2D eigenvalue weighted by molar-refractivity contribution is -0.137. The van der Waals surface area contributed by atoms with Gasteiger partial charge in [-0.25, -0.2) is 0 Å². The van der Waals surface area contributed by atoms with Gasteiger partial charge in [-0.3, -0.25) is 9.59 Å². The van der Waals surface area contributed by atoms with Crippen LogP contribution < -0.4 is 16.4 Å². The number of halogens is 3. The lowest BCUT2D eigenvalue weighted by Crippen LogP contribution is -2.52. The predicted octanol–water partition coefficient (Wildman–Crippen LogP) is 1.85. The number of hydrogen-bond acceptors (Lipinski definition) is 3. The molecule has 0 heterocycles. The molecule has 0 radical (unpaired) electrons. The number of nitrogens with two attached hydrogens (primary N) is 1. The first-order chi connectivity index (χ1) is 11.5. The Bertz CT molecular complexity index is 603. The molecule has 140 valence electrons. The van der Waals surface area contributed by atoms with Gasteiger partial charge in [0.05, 0.1) is 11.6 Å². The summed E-state index contributed by atoms with van der Waals surface area (Å²) in [6, 6.07) is 2.88. The molecule has 0 aliphatic carbocycles. The fourth-order valence-corrected chi connectivity index (χ4v) is 2.39. The van der Waals surface area contributed by atoms with Crippen molar-refractivity contribution in [2.45, 2.75) is 44.9 Å². The third-order valence-electron chi connectivity index (χ3n) is 3.64. The molecule has 0 bridgehead atoms. The fraction of sp³-hybridized carbons (Fsp3) is 0.529. The maximum atomic E-state index is 12.8. The molecule has 0 aliphatic heterocycles. The Hall–Kier alpha value is -2.09. The van der Waals surface area contributed by atoms with Gasteiger partial charge >= 0.3 is 6.18 Å². The van der Waals surface area contributed by atoms with Gasteiger partial charge in [0, 0.05) is 13.5 Å². The van der Waals surface area contributed by atoms with Crippen LogP contribution in [0.4, 0.5) is 13.2 Å². The van der Waals surface area contributed by atoms with Crippen LogP contribution >= 0.6 is 0 Å². The zero-order valence-corrected chi connectivity index (χ0v) is 14.5. The van der Waals surface area contributed by atoms with Crippen molar-refractivity contribution in [3.63, 3.8) is 0 Å². The van der Waals surface area contributed by atoms with Gasteiger partial charge in [0.15, 0.2) is 0 Å². The first kappa shape index (κ1) is 21.0. The highest BCUT2D eigenvalue weighted by Crippen LogP contribution is 2.29. The summed E-state index contributed by atoms with van der Waals surface area (Å²) in [7, 11) is 1.39. The topological polar surface area (TPSA) is 84.2 Å². The van der Waals surface area contributed by atoms with Crippen molar-refractivity contribution in [2.75, 3.05) is 7.05 Å². The first-order valence-electron chi connectivity index (χ1n) is 7.98. The highest BCUT2D eigenvalue weighted by atomic mass is 19.4. The van der Waals surface area contributed by atoms with E-state index in [1.165, 1.54) is 19.2 Å². The Kier molecular flexibility index (Phi) is 7.41. The smallest absolute Gasteiger partial charge is 0.357 e. The molecule has 1 aromatic rings. The number of likely N-dealkylation sites (N-methyl/N-ethyl adjacent to an activating group) is 1. The monoisotopic (exact) mass is 359 g/mol. The maximum Gasteiger partial charge on any atom is 0.416 e. The molecule has 0 saturated carbocycles. The predicted molar refractivity (Wildman–Crippen MR) is 88.6 cm³/mol. The van der Waals surface area contributed by atoms with Crippen molar-refractivity contribution in [1.82, 2.24) is 10.6 Å². The molecule has 1 rings (SSSR count). The summed E-state index contributed by atoms with van der Waals surface area (Å²) in [5.74, 6) is -0.806. The summed E-state index contributed by atoms with van der Waals surface area (Å²) in [5.41, 5.74) is 5.28. The molecule has 8 heteroatoms. The summed E-state index contributed by atoms with van der Waals surface area (Å²) < 4.78 is 38.4. The van der Waals surface area contributed by atoms with E-state index in [-0.39, 0.29) is 12.3 Å². The summed E-state index contributed by atoms with van der Waals surface area (Å²) >= 11 is 0. The van der Waals surface area contributed by atoms with Gasteiger partial charge in [0.2, 0.25) is 11.8 Å². The summed E-state index contributed by atoms with van der Waals surface area (Å²) in [4.78, 5) is 24.1. The average molecular weight is 359 g/mol. The number of rotatable bonds is 7. The molecule has 4 N–H and O–H groups in total. The summed E-state index contributed by atoms with van der Waals surface area (Å²) in [6.45, 7) is 3.82. The van der Waals surface area contributed by atoms with Gasteiger partial charge in [-0.2, -0.15) is 13.2 Å². The van der Waals surface area contributed by atoms with Crippen LogP contribution in [0.3, 0.4) is 0 Å². The van der Waals surface area contributed by atoms with E-state index in [9.17, 15) is 22.8 Å². The lowest BCUT2D eigenvalue weighted by atomic mass is 10.0. The molecule has 2 unspecified atom stereocenters. The number of carbonyl (C=O) groups excluding carboxylic acids is 2. The SMILES string of the molecule is CNC(=O)C(Cc1cccc(C(F)(F)F)c1)NC(=O)C(N)CC(C)C. The van der Waals surface area contributed by atoms with Crippen molar-refractivity contribution < 1.29 is 22.8 Å². The van der Waals surface area contributed by atoms with Gasteiger partial charge in [0.25, 0.3) is 0 Å². The van der Waals surface area contributed by atoms with Crippen LogP contribution in [0.15, 0.2) is 24.3 Å². The van der Waals surface area contributed by atoms with Gasteiger partial charge in [-0.1, -0.05) is 32.0 Å². The first-order valence-corrected chi connectivity index (χ1v) is 7.98. The van der Waals surface area contributed by atoms with Crippen LogP contribution in [0.25, 0.3) is 0 Å². The van der Waals surface area contributed by atoms with E-state index in [2.05, 4.69) is 10.6 Å². The summed E-state index contributed by atoms with van der Waals surface area (Å²) in [6.07, 6.45) is -4.10.